The van der Waals surface area contributed by atoms with Gasteiger partial charge in [-0.05, 0) is 12.5 Å². The zero-order chi connectivity index (χ0) is 13.4. The summed E-state index contributed by atoms with van der Waals surface area (Å²) in [6.07, 6.45) is 1.81. The van der Waals surface area contributed by atoms with Gasteiger partial charge in [-0.1, -0.05) is 43.3 Å². The number of carbonyl (C=O) groups excluding carboxylic acids is 1. The lowest BCUT2D eigenvalue weighted by Gasteiger charge is -2.14. The van der Waals surface area contributed by atoms with Crippen molar-refractivity contribution in [3.8, 4) is 0 Å². The summed E-state index contributed by atoms with van der Waals surface area (Å²) in [6, 6.07) is 9.88. The lowest BCUT2D eigenvalue weighted by molar-refractivity contribution is -0.149. The van der Waals surface area contributed by atoms with E-state index in [4.69, 9.17) is 4.74 Å². The van der Waals surface area contributed by atoms with E-state index in [0.717, 1.165) is 5.56 Å². The van der Waals surface area contributed by atoms with Crippen LogP contribution in [0.4, 0.5) is 0 Å². The Hall–Kier alpha value is -1.61. The van der Waals surface area contributed by atoms with E-state index < -0.39 is 0 Å². The first-order chi connectivity index (χ1) is 8.63. The molecule has 0 amide bonds. The molecule has 0 aliphatic rings. The molecule has 0 heterocycles. The summed E-state index contributed by atoms with van der Waals surface area (Å²) in [5.41, 5.74) is 1.01. The Bertz CT molecular complexity index is 375. The zero-order valence-corrected chi connectivity index (χ0v) is 11.1. The second-order valence-electron chi connectivity index (χ2n) is 4.43. The topological polar surface area (TPSA) is 38.3 Å². The third-order valence-electron chi connectivity index (χ3n) is 2.73. The van der Waals surface area contributed by atoms with Crippen molar-refractivity contribution in [2.45, 2.75) is 26.5 Å². The highest BCUT2D eigenvalue weighted by Crippen LogP contribution is 2.04. The van der Waals surface area contributed by atoms with Gasteiger partial charge in [0.1, 0.15) is 6.61 Å². The third kappa shape index (κ3) is 5.15. The smallest absolute Gasteiger partial charge is 0.310 e. The van der Waals surface area contributed by atoms with Crippen LogP contribution in [0.3, 0.4) is 0 Å². The molecule has 1 rings (SSSR count). The van der Waals surface area contributed by atoms with Crippen molar-refractivity contribution in [2.24, 2.45) is 5.92 Å². The molecule has 18 heavy (non-hydrogen) atoms. The standard InChI is InChI=1S/C15H21NO2/c1-4-13(3)16-10-12(2)15(17)18-11-14-8-6-5-7-9-14/h4-9,12-13,16H,1,10-11H2,2-3H3. The Morgan fingerprint density at radius 2 is 2.06 bits per heavy atom. The maximum absolute atomic E-state index is 11.7. The van der Waals surface area contributed by atoms with Crippen LogP contribution in [0.2, 0.25) is 0 Å². The molecule has 0 aromatic heterocycles. The molecule has 0 saturated heterocycles. The second kappa shape index (κ2) is 7.67. The van der Waals surface area contributed by atoms with Gasteiger partial charge in [-0.25, -0.2) is 0 Å². The predicted octanol–water partition coefficient (Wildman–Crippen LogP) is 2.53. The number of hydrogen-bond acceptors (Lipinski definition) is 3. The van der Waals surface area contributed by atoms with Crippen LogP contribution in [-0.2, 0) is 16.1 Å². The lowest BCUT2D eigenvalue weighted by atomic mass is 10.1. The number of esters is 1. The zero-order valence-electron chi connectivity index (χ0n) is 11.1. The summed E-state index contributed by atoms with van der Waals surface area (Å²) in [5, 5.41) is 3.19. The normalized spacial score (nSPS) is 13.7. The first kappa shape index (κ1) is 14.5. The van der Waals surface area contributed by atoms with Crippen LogP contribution in [0.25, 0.3) is 0 Å². The quantitative estimate of drug-likeness (QED) is 0.594. The Kier molecular flexibility index (Phi) is 6.15. The summed E-state index contributed by atoms with van der Waals surface area (Å²) < 4.78 is 5.25. The number of ether oxygens (including phenoxy) is 1. The number of carbonyl (C=O) groups is 1. The van der Waals surface area contributed by atoms with E-state index in [1.807, 2.05) is 50.3 Å². The van der Waals surface area contributed by atoms with Crippen molar-refractivity contribution in [2.75, 3.05) is 6.54 Å². The van der Waals surface area contributed by atoms with E-state index in [-0.39, 0.29) is 17.9 Å². The fourth-order valence-electron chi connectivity index (χ4n) is 1.40. The molecule has 0 fully saturated rings. The van der Waals surface area contributed by atoms with Crippen molar-refractivity contribution < 1.29 is 9.53 Å². The van der Waals surface area contributed by atoms with Gasteiger partial charge in [0, 0.05) is 12.6 Å². The predicted molar refractivity (Wildman–Crippen MR) is 73.1 cm³/mol. The van der Waals surface area contributed by atoms with Gasteiger partial charge in [0.05, 0.1) is 5.92 Å². The van der Waals surface area contributed by atoms with E-state index in [2.05, 4.69) is 11.9 Å². The molecule has 2 atom stereocenters. The van der Waals surface area contributed by atoms with Crippen LogP contribution in [0.15, 0.2) is 43.0 Å². The highest BCUT2D eigenvalue weighted by Gasteiger charge is 2.14. The molecule has 0 aliphatic carbocycles. The van der Waals surface area contributed by atoms with Crippen LogP contribution in [0, 0.1) is 5.92 Å². The van der Waals surface area contributed by atoms with Gasteiger partial charge in [0.15, 0.2) is 0 Å². The maximum atomic E-state index is 11.7. The minimum atomic E-state index is -0.178. The van der Waals surface area contributed by atoms with Crippen molar-refractivity contribution >= 4 is 5.97 Å². The van der Waals surface area contributed by atoms with Gasteiger partial charge >= 0.3 is 5.97 Å². The molecule has 0 bridgehead atoms. The first-order valence-corrected chi connectivity index (χ1v) is 6.20. The SMILES string of the molecule is C=CC(C)NCC(C)C(=O)OCc1ccccc1. The molecule has 98 valence electrons. The summed E-state index contributed by atoms with van der Waals surface area (Å²) >= 11 is 0. The summed E-state index contributed by atoms with van der Waals surface area (Å²) in [7, 11) is 0. The molecule has 0 spiro atoms. The summed E-state index contributed by atoms with van der Waals surface area (Å²) in [6.45, 7) is 8.47. The molecule has 1 aromatic rings. The second-order valence-corrected chi connectivity index (χ2v) is 4.43. The average Bonchev–Trinajstić information content (AvgIpc) is 2.42. The minimum absolute atomic E-state index is 0.156. The molecule has 1 aromatic carbocycles. The molecular weight excluding hydrogens is 226 g/mol. The van der Waals surface area contributed by atoms with Gasteiger partial charge in [-0.3, -0.25) is 4.79 Å². The van der Waals surface area contributed by atoms with E-state index in [1.54, 1.807) is 0 Å². The number of hydrogen-bond donors (Lipinski definition) is 1. The van der Waals surface area contributed by atoms with Crippen molar-refractivity contribution in [1.29, 1.82) is 0 Å². The molecule has 2 unspecified atom stereocenters. The fourth-order valence-corrected chi connectivity index (χ4v) is 1.40. The largest absolute Gasteiger partial charge is 0.461 e. The molecule has 3 nitrogen and oxygen atoms in total. The first-order valence-electron chi connectivity index (χ1n) is 6.20. The van der Waals surface area contributed by atoms with Crippen LogP contribution in [0.1, 0.15) is 19.4 Å². The van der Waals surface area contributed by atoms with Gasteiger partial charge in [0.2, 0.25) is 0 Å². The highest BCUT2D eigenvalue weighted by atomic mass is 16.5. The van der Waals surface area contributed by atoms with E-state index in [1.165, 1.54) is 0 Å². The van der Waals surface area contributed by atoms with Gasteiger partial charge in [-0.15, -0.1) is 6.58 Å². The fraction of sp³-hybridized carbons (Fsp3) is 0.400. The van der Waals surface area contributed by atoms with Crippen molar-refractivity contribution in [1.82, 2.24) is 5.32 Å². The van der Waals surface area contributed by atoms with Gasteiger partial charge in [0.25, 0.3) is 0 Å². The number of rotatable bonds is 7. The van der Waals surface area contributed by atoms with Crippen LogP contribution in [-0.4, -0.2) is 18.6 Å². The molecule has 1 N–H and O–H groups in total. The minimum Gasteiger partial charge on any atom is -0.461 e. The highest BCUT2D eigenvalue weighted by molar-refractivity contribution is 5.72. The molecule has 0 radical (unpaired) electrons. The molecule has 3 heteroatoms. The van der Waals surface area contributed by atoms with Crippen molar-refractivity contribution in [3.63, 3.8) is 0 Å². The molecular formula is C15H21NO2. The van der Waals surface area contributed by atoms with Crippen LogP contribution in [0.5, 0.6) is 0 Å². The van der Waals surface area contributed by atoms with Gasteiger partial charge in [-0.2, -0.15) is 0 Å². The van der Waals surface area contributed by atoms with E-state index in [9.17, 15) is 4.79 Å². The number of benzene rings is 1. The summed E-state index contributed by atoms with van der Waals surface area (Å²) in [5.74, 6) is -0.335. The Morgan fingerprint density at radius 1 is 1.39 bits per heavy atom. The lowest BCUT2D eigenvalue weighted by Crippen LogP contribution is -2.32. The van der Waals surface area contributed by atoms with Crippen molar-refractivity contribution in [3.05, 3.63) is 48.6 Å². The average molecular weight is 247 g/mol. The Morgan fingerprint density at radius 3 is 2.67 bits per heavy atom. The molecule has 0 saturated carbocycles. The maximum Gasteiger partial charge on any atom is 0.310 e. The van der Waals surface area contributed by atoms with Crippen LogP contribution >= 0.6 is 0 Å². The van der Waals surface area contributed by atoms with Gasteiger partial charge < -0.3 is 10.1 Å². The third-order valence-corrected chi connectivity index (χ3v) is 2.73. The number of nitrogens with one attached hydrogen (secondary N) is 1. The van der Waals surface area contributed by atoms with Crippen LogP contribution < -0.4 is 5.32 Å². The van der Waals surface area contributed by atoms with E-state index in [0.29, 0.717) is 13.2 Å². The summed E-state index contributed by atoms with van der Waals surface area (Å²) in [4.78, 5) is 11.7. The molecule has 0 aliphatic heterocycles. The Labute approximate surface area is 109 Å². The Balaban J connectivity index is 2.30. The van der Waals surface area contributed by atoms with E-state index >= 15 is 0 Å². The monoisotopic (exact) mass is 247 g/mol.